The molecule has 1 atom stereocenters. The first-order valence-corrected chi connectivity index (χ1v) is 6.04. The van der Waals surface area contributed by atoms with E-state index in [-0.39, 0.29) is 11.3 Å². The van der Waals surface area contributed by atoms with Crippen molar-refractivity contribution >= 4 is 11.4 Å². The molecule has 1 unspecified atom stereocenters. The van der Waals surface area contributed by atoms with E-state index in [1.807, 2.05) is 0 Å². The van der Waals surface area contributed by atoms with Gasteiger partial charge in [-0.15, -0.1) is 0 Å². The average molecular weight is 296 g/mol. The number of hydrogen-bond acceptors (Lipinski definition) is 3. The Kier molecular flexibility index (Phi) is 4.11. The lowest BCUT2D eigenvalue weighted by Gasteiger charge is -2.17. The normalized spacial score (nSPS) is 12.0. The smallest absolute Gasteiger partial charge is 0.295 e. The van der Waals surface area contributed by atoms with Crippen LogP contribution in [0.3, 0.4) is 0 Å². The monoisotopic (exact) mass is 296 g/mol. The van der Waals surface area contributed by atoms with E-state index < -0.39 is 34.1 Å². The molecular weight excluding hydrogens is 285 g/mol. The minimum absolute atomic E-state index is 0.0171. The van der Waals surface area contributed by atoms with Crippen LogP contribution in [0.15, 0.2) is 36.4 Å². The fraction of sp³-hybridized carbons (Fsp3) is 0.143. The number of benzene rings is 2. The van der Waals surface area contributed by atoms with E-state index in [4.69, 9.17) is 0 Å². The van der Waals surface area contributed by atoms with E-state index in [9.17, 15) is 23.3 Å². The number of nitrogens with one attached hydrogen (secondary N) is 1. The van der Waals surface area contributed by atoms with Crippen molar-refractivity contribution in [3.05, 3.63) is 69.5 Å². The number of nitrogens with zero attached hydrogens (tertiary/aromatic N) is 1. The Morgan fingerprint density at radius 1 is 1.14 bits per heavy atom. The molecule has 0 saturated heterocycles. The van der Waals surface area contributed by atoms with E-state index in [0.29, 0.717) is 0 Å². The van der Waals surface area contributed by atoms with Crippen LogP contribution in [0.25, 0.3) is 0 Å². The Morgan fingerprint density at radius 2 is 1.76 bits per heavy atom. The van der Waals surface area contributed by atoms with Crippen molar-refractivity contribution in [1.29, 1.82) is 0 Å². The third kappa shape index (κ3) is 3.13. The molecule has 0 bridgehead atoms. The molecule has 21 heavy (non-hydrogen) atoms. The van der Waals surface area contributed by atoms with Crippen LogP contribution in [0, 0.1) is 27.6 Å². The van der Waals surface area contributed by atoms with Crippen LogP contribution in [0.4, 0.5) is 24.5 Å². The standard InChI is InChI=1S/C14H11F3N2O2/c1-8(14-10(16)3-2-4-11(14)17)18-12-6-5-9(15)7-13(12)19(20)21/h2-8,18H,1H3. The van der Waals surface area contributed by atoms with Crippen molar-refractivity contribution in [2.45, 2.75) is 13.0 Å². The Morgan fingerprint density at radius 3 is 2.33 bits per heavy atom. The highest BCUT2D eigenvalue weighted by Gasteiger charge is 2.20. The lowest BCUT2D eigenvalue weighted by Crippen LogP contribution is -2.12. The summed E-state index contributed by atoms with van der Waals surface area (Å²) in [6.07, 6.45) is 0. The molecule has 0 saturated carbocycles. The molecule has 2 rings (SSSR count). The third-order valence-corrected chi connectivity index (χ3v) is 2.96. The van der Waals surface area contributed by atoms with E-state index in [2.05, 4.69) is 5.32 Å². The van der Waals surface area contributed by atoms with Gasteiger partial charge in [0.25, 0.3) is 5.69 Å². The number of hydrogen-bond donors (Lipinski definition) is 1. The maximum absolute atomic E-state index is 13.7. The van der Waals surface area contributed by atoms with Gasteiger partial charge in [-0.05, 0) is 31.2 Å². The van der Waals surface area contributed by atoms with Gasteiger partial charge in [-0.3, -0.25) is 10.1 Å². The van der Waals surface area contributed by atoms with Gasteiger partial charge < -0.3 is 5.32 Å². The SMILES string of the molecule is CC(Nc1ccc(F)cc1[N+](=O)[O-])c1c(F)cccc1F. The van der Waals surface area contributed by atoms with Gasteiger partial charge in [0.2, 0.25) is 0 Å². The first-order valence-electron chi connectivity index (χ1n) is 6.04. The predicted molar refractivity (Wildman–Crippen MR) is 71.5 cm³/mol. The summed E-state index contributed by atoms with van der Waals surface area (Å²) >= 11 is 0. The second kappa shape index (κ2) is 5.82. The van der Waals surface area contributed by atoms with Gasteiger partial charge in [0.05, 0.1) is 17.0 Å². The minimum atomic E-state index is -0.865. The zero-order chi connectivity index (χ0) is 15.6. The minimum Gasteiger partial charge on any atom is -0.373 e. The average Bonchev–Trinajstić information content (AvgIpc) is 2.40. The maximum Gasteiger partial charge on any atom is 0.295 e. The van der Waals surface area contributed by atoms with E-state index in [0.717, 1.165) is 30.3 Å². The van der Waals surface area contributed by atoms with Crippen LogP contribution in [-0.2, 0) is 0 Å². The van der Waals surface area contributed by atoms with Gasteiger partial charge in [-0.2, -0.15) is 0 Å². The van der Waals surface area contributed by atoms with Crippen molar-refractivity contribution in [3.8, 4) is 0 Å². The summed E-state index contributed by atoms with van der Waals surface area (Å²) in [7, 11) is 0. The van der Waals surface area contributed by atoms with E-state index in [1.54, 1.807) is 0 Å². The van der Waals surface area contributed by atoms with Gasteiger partial charge in [-0.1, -0.05) is 6.07 Å². The van der Waals surface area contributed by atoms with Crippen LogP contribution in [0.2, 0.25) is 0 Å². The molecule has 0 aliphatic rings. The van der Waals surface area contributed by atoms with E-state index in [1.165, 1.54) is 13.0 Å². The fourth-order valence-electron chi connectivity index (χ4n) is 2.01. The largest absolute Gasteiger partial charge is 0.373 e. The molecule has 7 heteroatoms. The Labute approximate surface area is 118 Å². The van der Waals surface area contributed by atoms with Crippen molar-refractivity contribution in [1.82, 2.24) is 0 Å². The van der Waals surface area contributed by atoms with Crippen molar-refractivity contribution < 1.29 is 18.1 Å². The molecule has 1 N–H and O–H groups in total. The molecular formula is C14H11F3N2O2. The molecule has 0 aliphatic carbocycles. The van der Waals surface area contributed by atoms with Gasteiger partial charge in [0, 0.05) is 5.56 Å². The number of nitro groups is 1. The zero-order valence-electron chi connectivity index (χ0n) is 10.9. The lowest BCUT2D eigenvalue weighted by molar-refractivity contribution is -0.384. The van der Waals surface area contributed by atoms with Gasteiger partial charge in [-0.25, -0.2) is 13.2 Å². The Bertz CT molecular complexity index is 672. The molecule has 2 aromatic rings. The van der Waals surface area contributed by atoms with Crippen LogP contribution >= 0.6 is 0 Å². The molecule has 0 aliphatic heterocycles. The van der Waals surface area contributed by atoms with Crippen LogP contribution in [0.1, 0.15) is 18.5 Å². The van der Waals surface area contributed by atoms with Gasteiger partial charge in [0.1, 0.15) is 23.1 Å². The molecule has 0 radical (unpaired) electrons. The summed E-state index contributed by atoms with van der Waals surface area (Å²) in [5.74, 6) is -2.29. The molecule has 110 valence electrons. The number of halogens is 3. The summed E-state index contributed by atoms with van der Waals surface area (Å²) < 4.78 is 40.3. The van der Waals surface area contributed by atoms with Gasteiger partial charge >= 0.3 is 0 Å². The first-order chi connectivity index (χ1) is 9.90. The highest BCUT2D eigenvalue weighted by Crippen LogP contribution is 2.30. The quantitative estimate of drug-likeness (QED) is 0.680. The lowest BCUT2D eigenvalue weighted by atomic mass is 10.1. The first kappa shape index (κ1) is 14.8. The highest BCUT2D eigenvalue weighted by atomic mass is 19.1. The zero-order valence-corrected chi connectivity index (χ0v) is 10.9. The fourth-order valence-corrected chi connectivity index (χ4v) is 2.01. The summed E-state index contributed by atoms with van der Waals surface area (Å²) in [6, 6.07) is 5.47. The Hall–Kier alpha value is -2.57. The number of anilines is 1. The Balaban J connectivity index is 2.36. The topological polar surface area (TPSA) is 55.2 Å². The van der Waals surface area contributed by atoms with Gasteiger partial charge in [0.15, 0.2) is 0 Å². The highest BCUT2D eigenvalue weighted by molar-refractivity contribution is 5.62. The summed E-state index contributed by atoms with van der Waals surface area (Å²) in [6.45, 7) is 1.45. The summed E-state index contributed by atoms with van der Waals surface area (Å²) in [4.78, 5) is 10.1. The molecule has 0 spiro atoms. The van der Waals surface area contributed by atoms with E-state index >= 15 is 0 Å². The maximum atomic E-state index is 13.7. The third-order valence-electron chi connectivity index (χ3n) is 2.96. The summed E-state index contributed by atoms with van der Waals surface area (Å²) in [5.41, 5.74) is -0.758. The second-order valence-corrected chi connectivity index (χ2v) is 4.42. The number of nitro benzene ring substituents is 1. The van der Waals surface area contributed by atoms with Crippen LogP contribution in [-0.4, -0.2) is 4.92 Å². The summed E-state index contributed by atoms with van der Waals surface area (Å²) in [5, 5.41) is 13.5. The predicted octanol–water partition coefficient (Wildman–Crippen LogP) is 4.19. The van der Waals surface area contributed by atoms with Crippen molar-refractivity contribution in [3.63, 3.8) is 0 Å². The molecule has 0 aromatic heterocycles. The molecule has 2 aromatic carbocycles. The van der Waals surface area contributed by atoms with Crippen molar-refractivity contribution in [2.24, 2.45) is 0 Å². The molecule has 4 nitrogen and oxygen atoms in total. The van der Waals surface area contributed by atoms with Crippen LogP contribution in [0.5, 0.6) is 0 Å². The van der Waals surface area contributed by atoms with Crippen LogP contribution < -0.4 is 5.32 Å². The van der Waals surface area contributed by atoms with Crippen molar-refractivity contribution in [2.75, 3.05) is 5.32 Å². The number of rotatable bonds is 4. The molecule has 0 amide bonds. The molecule has 0 heterocycles. The second-order valence-electron chi connectivity index (χ2n) is 4.42. The molecule has 0 fully saturated rings.